The van der Waals surface area contributed by atoms with Crippen LogP contribution in [0.4, 0.5) is 0 Å². The van der Waals surface area contributed by atoms with Crippen LogP contribution in [-0.2, 0) is 0 Å². The molecule has 6 heteroatoms. The first-order valence-electron chi connectivity index (χ1n) is 8.60. The second kappa shape index (κ2) is 6.44. The maximum absolute atomic E-state index is 12.8. The highest BCUT2D eigenvalue weighted by Gasteiger charge is 2.42. The van der Waals surface area contributed by atoms with Gasteiger partial charge in [-0.1, -0.05) is 12.1 Å². The first-order chi connectivity index (χ1) is 12.2. The van der Waals surface area contributed by atoms with Gasteiger partial charge in [0.25, 0.3) is 5.91 Å². The Morgan fingerprint density at radius 3 is 2.40 bits per heavy atom. The number of nitrogens with zero attached hydrogens (tertiary/aromatic N) is 3. The average molecular weight is 339 g/mol. The van der Waals surface area contributed by atoms with Crippen molar-refractivity contribution in [3.8, 4) is 17.1 Å². The third-order valence-electron chi connectivity index (χ3n) is 5.33. The fraction of sp³-hybridized carbons (Fsp3) is 0.421. The van der Waals surface area contributed by atoms with Gasteiger partial charge in [-0.25, -0.2) is 9.97 Å². The van der Waals surface area contributed by atoms with Crippen LogP contribution >= 0.6 is 0 Å². The Morgan fingerprint density at radius 1 is 1.12 bits per heavy atom. The molecule has 1 aliphatic heterocycles. The summed E-state index contributed by atoms with van der Waals surface area (Å²) < 4.78 is 5.24. The third kappa shape index (κ3) is 2.87. The van der Waals surface area contributed by atoms with E-state index >= 15 is 0 Å². The largest absolute Gasteiger partial charge is 0.479 e. The number of aliphatic hydroxyl groups is 1. The van der Waals surface area contributed by atoms with Crippen LogP contribution in [0.15, 0.2) is 36.7 Å². The van der Waals surface area contributed by atoms with Crippen LogP contribution in [-0.4, -0.2) is 52.2 Å². The number of likely N-dealkylation sites (tertiary alicyclic amines) is 1. The van der Waals surface area contributed by atoms with Gasteiger partial charge in [-0.15, -0.1) is 0 Å². The normalized spacial score (nSPS) is 25.0. The first-order valence-corrected chi connectivity index (χ1v) is 8.60. The van der Waals surface area contributed by atoms with Crippen molar-refractivity contribution in [2.24, 2.45) is 11.8 Å². The molecule has 3 atom stereocenters. The summed E-state index contributed by atoms with van der Waals surface area (Å²) in [4.78, 5) is 23.1. The minimum Gasteiger partial charge on any atom is -0.479 e. The van der Waals surface area contributed by atoms with E-state index in [0.29, 0.717) is 30.2 Å². The molecule has 2 heterocycles. The molecule has 2 bridgehead atoms. The summed E-state index contributed by atoms with van der Waals surface area (Å²) in [5, 5.41) is 10.1. The maximum atomic E-state index is 12.8. The Balaban J connectivity index is 1.53. The number of piperidine rings is 1. The van der Waals surface area contributed by atoms with E-state index in [1.54, 1.807) is 19.5 Å². The van der Waals surface area contributed by atoms with Crippen molar-refractivity contribution < 1.29 is 14.6 Å². The second-order valence-electron chi connectivity index (χ2n) is 6.79. The van der Waals surface area contributed by atoms with E-state index in [1.807, 2.05) is 29.2 Å². The zero-order valence-corrected chi connectivity index (χ0v) is 14.1. The van der Waals surface area contributed by atoms with Gasteiger partial charge >= 0.3 is 0 Å². The molecule has 130 valence electrons. The average Bonchev–Trinajstić information content (AvgIpc) is 2.87. The van der Waals surface area contributed by atoms with Gasteiger partial charge < -0.3 is 14.7 Å². The Kier molecular flexibility index (Phi) is 4.13. The van der Waals surface area contributed by atoms with E-state index in [9.17, 15) is 9.90 Å². The van der Waals surface area contributed by atoms with Crippen LogP contribution in [0.2, 0.25) is 0 Å². The second-order valence-corrected chi connectivity index (χ2v) is 6.79. The first kappa shape index (κ1) is 16.0. The number of aromatic nitrogens is 2. The monoisotopic (exact) mass is 339 g/mol. The summed E-state index contributed by atoms with van der Waals surface area (Å²) in [5.74, 6) is 0.946. The molecule has 1 saturated carbocycles. The molecular weight excluding hydrogens is 318 g/mol. The Bertz CT molecular complexity index is 764. The topological polar surface area (TPSA) is 75.6 Å². The van der Waals surface area contributed by atoms with Crippen LogP contribution in [0, 0.1) is 11.8 Å². The van der Waals surface area contributed by atoms with E-state index in [4.69, 9.17) is 4.74 Å². The van der Waals surface area contributed by atoms with Crippen molar-refractivity contribution >= 4 is 5.91 Å². The summed E-state index contributed by atoms with van der Waals surface area (Å²) in [6.07, 6.45) is 4.99. The molecule has 1 N–H and O–H groups in total. The van der Waals surface area contributed by atoms with Gasteiger partial charge in [-0.2, -0.15) is 0 Å². The lowest BCUT2D eigenvalue weighted by Crippen LogP contribution is -2.47. The summed E-state index contributed by atoms with van der Waals surface area (Å²) >= 11 is 0. The van der Waals surface area contributed by atoms with E-state index < -0.39 is 0 Å². The maximum Gasteiger partial charge on any atom is 0.253 e. The number of aliphatic hydroxyl groups excluding tert-OH is 1. The van der Waals surface area contributed by atoms with E-state index in [-0.39, 0.29) is 23.8 Å². The number of benzene rings is 1. The van der Waals surface area contributed by atoms with Crippen molar-refractivity contribution in [3.05, 3.63) is 42.2 Å². The molecule has 1 saturated heterocycles. The predicted molar refractivity (Wildman–Crippen MR) is 92.1 cm³/mol. The molecule has 1 amide bonds. The number of methoxy groups -OCH3 is 1. The molecule has 0 radical (unpaired) electrons. The number of ether oxygens (including phenoxy) is 1. The number of carbonyl (C=O) groups excluding carboxylic acids is 1. The molecular formula is C19H21N3O3. The molecule has 1 aliphatic carbocycles. The Labute approximate surface area is 146 Å². The smallest absolute Gasteiger partial charge is 0.253 e. The van der Waals surface area contributed by atoms with Crippen LogP contribution in [0.5, 0.6) is 5.88 Å². The molecule has 2 fully saturated rings. The van der Waals surface area contributed by atoms with Crippen LogP contribution in [0.1, 0.15) is 23.2 Å². The molecule has 0 spiro atoms. The Morgan fingerprint density at radius 2 is 1.76 bits per heavy atom. The van der Waals surface area contributed by atoms with E-state index in [2.05, 4.69) is 9.97 Å². The lowest BCUT2D eigenvalue weighted by molar-refractivity contribution is 0.0166. The lowest BCUT2D eigenvalue weighted by Gasteiger charge is -2.35. The van der Waals surface area contributed by atoms with Crippen molar-refractivity contribution in [1.29, 1.82) is 0 Å². The van der Waals surface area contributed by atoms with Crippen LogP contribution < -0.4 is 4.74 Å². The fourth-order valence-corrected chi connectivity index (χ4v) is 3.99. The highest BCUT2D eigenvalue weighted by Crippen LogP contribution is 2.37. The van der Waals surface area contributed by atoms with Gasteiger partial charge in [0, 0.05) is 48.4 Å². The third-order valence-corrected chi connectivity index (χ3v) is 5.33. The van der Waals surface area contributed by atoms with E-state index in [0.717, 1.165) is 18.4 Å². The van der Waals surface area contributed by atoms with Crippen LogP contribution in [0.25, 0.3) is 11.3 Å². The van der Waals surface area contributed by atoms with Crippen molar-refractivity contribution in [2.45, 2.75) is 18.9 Å². The number of rotatable bonds is 3. The molecule has 1 aromatic heterocycles. The number of amides is 1. The molecule has 6 nitrogen and oxygen atoms in total. The summed E-state index contributed by atoms with van der Waals surface area (Å²) in [7, 11) is 1.56. The molecule has 1 aromatic carbocycles. The van der Waals surface area contributed by atoms with Gasteiger partial charge in [0.2, 0.25) is 5.88 Å². The van der Waals surface area contributed by atoms with Gasteiger partial charge in [-0.05, 0) is 25.0 Å². The zero-order valence-electron chi connectivity index (χ0n) is 14.1. The van der Waals surface area contributed by atoms with E-state index in [1.165, 1.54) is 0 Å². The van der Waals surface area contributed by atoms with Gasteiger partial charge in [0.05, 0.1) is 13.2 Å². The summed E-state index contributed by atoms with van der Waals surface area (Å²) in [6, 6.07) is 7.37. The van der Waals surface area contributed by atoms with Gasteiger partial charge in [0.15, 0.2) is 0 Å². The molecule has 2 aliphatic rings. The van der Waals surface area contributed by atoms with Crippen molar-refractivity contribution in [3.63, 3.8) is 0 Å². The molecule has 25 heavy (non-hydrogen) atoms. The number of hydrogen-bond donors (Lipinski definition) is 1. The van der Waals surface area contributed by atoms with Crippen LogP contribution in [0.3, 0.4) is 0 Å². The van der Waals surface area contributed by atoms with Gasteiger partial charge in [-0.3, -0.25) is 4.79 Å². The minimum atomic E-state index is -0.240. The fourth-order valence-electron chi connectivity index (χ4n) is 3.99. The molecule has 4 rings (SSSR count). The molecule has 2 aromatic rings. The predicted octanol–water partition coefficient (Wildman–Crippen LogP) is 2.00. The Hall–Kier alpha value is -2.47. The highest BCUT2D eigenvalue weighted by atomic mass is 16.5. The SMILES string of the molecule is COc1nccnc1-c1ccc(C(=O)N2C[C@H]3CC[C@@H](C2)C3O)cc1. The summed E-state index contributed by atoms with van der Waals surface area (Å²) in [6.45, 7) is 1.30. The highest BCUT2D eigenvalue weighted by molar-refractivity contribution is 5.94. The number of hydrogen-bond acceptors (Lipinski definition) is 5. The summed E-state index contributed by atoms with van der Waals surface area (Å²) in [5.41, 5.74) is 2.17. The van der Waals surface area contributed by atoms with Crippen molar-refractivity contribution in [2.75, 3.05) is 20.2 Å². The number of carbonyl (C=O) groups is 1. The molecule has 1 unspecified atom stereocenters. The standard InChI is InChI=1S/C19H21N3O3/c1-25-18-16(20-8-9-21-18)12-2-4-13(5-3-12)19(24)22-10-14-6-7-15(11-22)17(14)23/h2-5,8-9,14-15,17,23H,6-7,10-11H2,1H3/t14-,15+,17?. The number of fused-ring (bicyclic) bond motifs is 2. The lowest BCUT2D eigenvalue weighted by atomic mass is 9.94. The minimum absolute atomic E-state index is 0.0291. The van der Waals surface area contributed by atoms with Crippen molar-refractivity contribution in [1.82, 2.24) is 14.9 Å². The quantitative estimate of drug-likeness (QED) is 0.926. The zero-order chi connectivity index (χ0) is 17.4. The van der Waals surface area contributed by atoms with Gasteiger partial charge in [0.1, 0.15) is 5.69 Å².